The van der Waals surface area contributed by atoms with E-state index in [0.29, 0.717) is 29.7 Å². The highest BCUT2D eigenvalue weighted by atomic mass is 19.1. The molecule has 2 rings (SSSR count). The number of hydrogen-bond donors (Lipinski definition) is 2. The van der Waals surface area contributed by atoms with Crippen molar-refractivity contribution >= 4 is 17.2 Å². The number of ether oxygens (including phenoxy) is 2. The van der Waals surface area contributed by atoms with E-state index in [1.807, 2.05) is 6.92 Å². The van der Waals surface area contributed by atoms with Crippen molar-refractivity contribution in [3.05, 3.63) is 30.3 Å². The summed E-state index contributed by atoms with van der Waals surface area (Å²) in [5.41, 5.74) is 6.73. The molecule has 0 saturated heterocycles. The zero-order valence-corrected chi connectivity index (χ0v) is 11.2. The van der Waals surface area contributed by atoms with Gasteiger partial charge in [0.1, 0.15) is 23.6 Å². The number of anilines is 3. The minimum Gasteiger partial charge on any atom is -0.494 e. The molecule has 0 aliphatic carbocycles. The Kier molecular flexibility index (Phi) is 4.19. The van der Waals surface area contributed by atoms with Gasteiger partial charge in [0.05, 0.1) is 19.4 Å². The number of nitrogen functional groups attached to an aromatic ring is 1. The van der Waals surface area contributed by atoms with Crippen molar-refractivity contribution in [1.29, 1.82) is 0 Å². The molecule has 1 aromatic carbocycles. The second kappa shape index (κ2) is 6.05. The van der Waals surface area contributed by atoms with Crippen molar-refractivity contribution < 1.29 is 13.9 Å². The van der Waals surface area contributed by atoms with Crippen LogP contribution in [0.2, 0.25) is 0 Å². The number of methoxy groups -OCH3 is 1. The molecule has 0 aliphatic heterocycles. The molecule has 0 aliphatic rings. The second-order valence-corrected chi connectivity index (χ2v) is 3.84. The van der Waals surface area contributed by atoms with Gasteiger partial charge in [-0.15, -0.1) is 0 Å². The maximum absolute atomic E-state index is 13.1. The van der Waals surface area contributed by atoms with E-state index in [1.54, 1.807) is 0 Å². The van der Waals surface area contributed by atoms with Crippen molar-refractivity contribution in [2.75, 3.05) is 24.8 Å². The van der Waals surface area contributed by atoms with Gasteiger partial charge in [0, 0.05) is 6.07 Å². The van der Waals surface area contributed by atoms with Crippen LogP contribution in [0.25, 0.3) is 0 Å². The van der Waals surface area contributed by atoms with Crippen molar-refractivity contribution in [3.8, 4) is 11.6 Å². The Hall–Kier alpha value is -2.57. The average molecular weight is 278 g/mol. The molecular formula is C13H15FN4O2. The van der Waals surface area contributed by atoms with Crippen LogP contribution in [-0.4, -0.2) is 23.7 Å². The number of aromatic nitrogens is 2. The van der Waals surface area contributed by atoms with E-state index in [4.69, 9.17) is 15.2 Å². The highest BCUT2D eigenvalue weighted by Crippen LogP contribution is 2.32. The first-order valence-corrected chi connectivity index (χ1v) is 5.99. The Morgan fingerprint density at radius 1 is 1.35 bits per heavy atom. The van der Waals surface area contributed by atoms with Crippen molar-refractivity contribution in [3.63, 3.8) is 0 Å². The summed E-state index contributed by atoms with van der Waals surface area (Å²) in [6.07, 6.45) is 1.33. The van der Waals surface area contributed by atoms with E-state index in [2.05, 4.69) is 15.3 Å². The minimum absolute atomic E-state index is 0.278. The van der Waals surface area contributed by atoms with Gasteiger partial charge in [-0.1, -0.05) is 0 Å². The number of halogens is 1. The van der Waals surface area contributed by atoms with Crippen molar-refractivity contribution in [2.45, 2.75) is 6.92 Å². The summed E-state index contributed by atoms with van der Waals surface area (Å²) in [4.78, 5) is 7.98. The predicted molar refractivity (Wildman–Crippen MR) is 73.8 cm³/mol. The van der Waals surface area contributed by atoms with Gasteiger partial charge in [-0.3, -0.25) is 0 Å². The molecule has 0 saturated carbocycles. The first kappa shape index (κ1) is 13.9. The van der Waals surface area contributed by atoms with Crippen LogP contribution in [0.4, 0.5) is 21.6 Å². The smallest absolute Gasteiger partial charge is 0.242 e. The SMILES string of the molecule is CCOc1ncnc(Nc2ccc(F)cc2OC)c1N. The highest BCUT2D eigenvalue weighted by molar-refractivity contribution is 5.74. The fourth-order valence-corrected chi connectivity index (χ4v) is 1.63. The average Bonchev–Trinajstić information content (AvgIpc) is 2.45. The standard InChI is InChI=1S/C13H15FN4O2/c1-3-20-13-11(15)12(16-7-17-13)18-9-5-4-8(14)6-10(9)19-2/h4-7H,3,15H2,1-2H3,(H,16,17,18). The number of hydrogen-bond acceptors (Lipinski definition) is 6. The van der Waals surface area contributed by atoms with Gasteiger partial charge in [-0.25, -0.2) is 9.37 Å². The number of nitrogens with two attached hydrogens (primary N) is 1. The Morgan fingerprint density at radius 3 is 2.85 bits per heavy atom. The first-order valence-electron chi connectivity index (χ1n) is 5.99. The monoisotopic (exact) mass is 278 g/mol. The normalized spacial score (nSPS) is 10.2. The molecular weight excluding hydrogens is 263 g/mol. The zero-order chi connectivity index (χ0) is 14.5. The molecule has 3 N–H and O–H groups in total. The van der Waals surface area contributed by atoms with Gasteiger partial charge in [0.2, 0.25) is 5.88 Å². The van der Waals surface area contributed by atoms with Crippen molar-refractivity contribution in [2.24, 2.45) is 0 Å². The molecule has 7 heteroatoms. The molecule has 106 valence electrons. The Balaban J connectivity index is 2.33. The van der Waals surface area contributed by atoms with Crippen LogP contribution in [-0.2, 0) is 0 Å². The van der Waals surface area contributed by atoms with Gasteiger partial charge in [0.25, 0.3) is 0 Å². The lowest BCUT2D eigenvalue weighted by molar-refractivity contribution is 0.328. The predicted octanol–water partition coefficient (Wildman–Crippen LogP) is 2.35. The summed E-state index contributed by atoms with van der Waals surface area (Å²) in [6.45, 7) is 2.28. The topological polar surface area (TPSA) is 82.3 Å². The van der Waals surface area contributed by atoms with E-state index in [1.165, 1.54) is 31.6 Å². The lowest BCUT2D eigenvalue weighted by Crippen LogP contribution is -2.05. The lowest BCUT2D eigenvalue weighted by atomic mass is 10.2. The van der Waals surface area contributed by atoms with Crippen molar-refractivity contribution in [1.82, 2.24) is 9.97 Å². The second-order valence-electron chi connectivity index (χ2n) is 3.84. The van der Waals surface area contributed by atoms with E-state index in [9.17, 15) is 4.39 Å². The number of nitrogens with one attached hydrogen (secondary N) is 1. The van der Waals surface area contributed by atoms with Crippen LogP contribution < -0.4 is 20.5 Å². The van der Waals surface area contributed by atoms with E-state index >= 15 is 0 Å². The molecule has 2 aromatic rings. The maximum atomic E-state index is 13.1. The van der Waals surface area contributed by atoms with E-state index in [-0.39, 0.29) is 5.69 Å². The fraction of sp³-hybridized carbons (Fsp3) is 0.231. The largest absolute Gasteiger partial charge is 0.494 e. The molecule has 0 fully saturated rings. The molecule has 0 amide bonds. The summed E-state index contributed by atoms with van der Waals surface area (Å²) in [5.74, 6) is 0.624. The molecule has 0 atom stereocenters. The summed E-state index contributed by atoms with van der Waals surface area (Å²) in [6, 6.07) is 4.12. The third-order valence-electron chi connectivity index (χ3n) is 2.55. The van der Waals surface area contributed by atoms with Gasteiger partial charge in [-0.05, 0) is 19.1 Å². The number of rotatable bonds is 5. The zero-order valence-electron chi connectivity index (χ0n) is 11.2. The van der Waals surface area contributed by atoms with Gasteiger partial charge < -0.3 is 20.5 Å². The van der Waals surface area contributed by atoms with E-state index < -0.39 is 5.82 Å². The van der Waals surface area contributed by atoms with Crippen LogP contribution in [0.3, 0.4) is 0 Å². The lowest BCUT2D eigenvalue weighted by Gasteiger charge is -2.13. The first-order chi connectivity index (χ1) is 9.65. The summed E-state index contributed by atoms with van der Waals surface area (Å²) < 4.78 is 23.5. The summed E-state index contributed by atoms with van der Waals surface area (Å²) in [7, 11) is 1.45. The van der Waals surface area contributed by atoms with Crippen LogP contribution in [0, 0.1) is 5.82 Å². The maximum Gasteiger partial charge on any atom is 0.242 e. The molecule has 0 radical (unpaired) electrons. The molecule has 0 unspecified atom stereocenters. The summed E-state index contributed by atoms with van der Waals surface area (Å²) in [5, 5.41) is 2.97. The Bertz CT molecular complexity index is 607. The minimum atomic E-state index is -0.391. The third-order valence-corrected chi connectivity index (χ3v) is 2.55. The molecule has 20 heavy (non-hydrogen) atoms. The third kappa shape index (κ3) is 2.87. The molecule has 0 spiro atoms. The van der Waals surface area contributed by atoms with Gasteiger partial charge >= 0.3 is 0 Å². The fourth-order valence-electron chi connectivity index (χ4n) is 1.63. The van der Waals surface area contributed by atoms with Crippen LogP contribution in [0.5, 0.6) is 11.6 Å². The molecule has 0 bridgehead atoms. The highest BCUT2D eigenvalue weighted by Gasteiger charge is 2.11. The quantitative estimate of drug-likeness (QED) is 0.873. The van der Waals surface area contributed by atoms with Crippen LogP contribution in [0.1, 0.15) is 6.92 Å². The number of benzene rings is 1. The van der Waals surface area contributed by atoms with Crippen LogP contribution in [0.15, 0.2) is 24.5 Å². The van der Waals surface area contributed by atoms with E-state index in [0.717, 1.165) is 0 Å². The molecule has 1 aromatic heterocycles. The molecule has 6 nitrogen and oxygen atoms in total. The molecule has 1 heterocycles. The van der Waals surface area contributed by atoms with Gasteiger partial charge in [0.15, 0.2) is 5.82 Å². The van der Waals surface area contributed by atoms with Crippen LogP contribution >= 0.6 is 0 Å². The Morgan fingerprint density at radius 2 is 2.15 bits per heavy atom. The van der Waals surface area contributed by atoms with Gasteiger partial charge in [-0.2, -0.15) is 4.98 Å². The Labute approximate surface area is 115 Å². The number of nitrogens with zero attached hydrogens (tertiary/aromatic N) is 2. The summed E-state index contributed by atoms with van der Waals surface area (Å²) >= 11 is 0.